The first-order chi connectivity index (χ1) is 22.4. The van der Waals surface area contributed by atoms with Crippen molar-refractivity contribution in [1.82, 2.24) is 10.2 Å². The molecule has 0 radical (unpaired) electrons. The zero-order valence-electron chi connectivity index (χ0n) is 25.9. The Morgan fingerprint density at radius 1 is 0.804 bits per heavy atom. The van der Waals surface area contributed by atoms with Gasteiger partial charge in [0.25, 0.3) is 10.0 Å². The van der Waals surface area contributed by atoms with Crippen molar-refractivity contribution >= 4 is 27.5 Å². The average Bonchev–Trinajstić information content (AvgIpc) is 3.09. The van der Waals surface area contributed by atoms with Gasteiger partial charge in [0.05, 0.1) is 10.6 Å². The van der Waals surface area contributed by atoms with E-state index in [1.54, 1.807) is 36.4 Å². The Hall–Kier alpha value is -4.83. The first kappa shape index (κ1) is 32.6. The van der Waals surface area contributed by atoms with Crippen LogP contribution >= 0.6 is 0 Å². The molecule has 1 aliphatic rings. The van der Waals surface area contributed by atoms with E-state index < -0.39 is 28.5 Å². The second-order valence-corrected chi connectivity index (χ2v) is 12.9. The third kappa shape index (κ3) is 8.06. The molecule has 0 aromatic heterocycles. The Balaban J connectivity index is 1.56. The first-order valence-electron chi connectivity index (χ1n) is 15.5. The molecule has 4 aromatic carbocycles. The minimum atomic E-state index is -4.22. The molecule has 0 saturated carbocycles. The second kappa shape index (κ2) is 15.4. The minimum absolute atomic E-state index is 0.0328. The van der Waals surface area contributed by atoms with E-state index in [9.17, 15) is 18.0 Å². The average molecular weight is 642 g/mol. The van der Waals surface area contributed by atoms with Crippen molar-refractivity contribution < 1.29 is 27.5 Å². The largest absolute Gasteiger partial charge is 0.486 e. The van der Waals surface area contributed by atoms with Crippen molar-refractivity contribution in [2.75, 3.05) is 30.6 Å². The lowest BCUT2D eigenvalue weighted by atomic mass is 10.0. The Labute approximate surface area is 270 Å². The molecule has 5 rings (SSSR count). The molecule has 1 atom stereocenters. The summed E-state index contributed by atoms with van der Waals surface area (Å²) in [7, 11) is -4.22. The third-order valence-corrected chi connectivity index (χ3v) is 9.51. The van der Waals surface area contributed by atoms with Crippen molar-refractivity contribution in [1.29, 1.82) is 0 Å². The topological polar surface area (TPSA) is 105 Å². The monoisotopic (exact) mass is 641 g/mol. The highest BCUT2D eigenvalue weighted by Crippen LogP contribution is 2.36. The van der Waals surface area contributed by atoms with E-state index >= 15 is 0 Å². The van der Waals surface area contributed by atoms with Crippen molar-refractivity contribution in [3.8, 4) is 11.5 Å². The van der Waals surface area contributed by atoms with E-state index in [-0.39, 0.29) is 29.5 Å². The van der Waals surface area contributed by atoms with Crippen LogP contribution in [0.3, 0.4) is 0 Å². The van der Waals surface area contributed by atoms with E-state index in [2.05, 4.69) is 5.32 Å². The van der Waals surface area contributed by atoms with Gasteiger partial charge in [-0.15, -0.1) is 0 Å². The number of nitrogens with zero attached hydrogens (tertiary/aromatic N) is 2. The van der Waals surface area contributed by atoms with Crippen molar-refractivity contribution in [2.45, 2.75) is 43.7 Å². The normalized spacial score (nSPS) is 13.0. The lowest BCUT2D eigenvalue weighted by molar-refractivity contribution is -0.140. The quantitative estimate of drug-likeness (QED) is 0.190. The molecule has 1 N–H and O–H groups in total. The summed E-state index contributed by atoms with van der Waals surface area (Å²) in [4.78, 5) is 29.9. The maximum Gasteiger partial charge on any atom is 0.264 e. The van der Waals surface area contributed by atoms with Crippen molar-refractivity contribution in [3.63, 3.8) is 0 Å². The summed E-state index contributed by atoms with van der Waals surface area (Å²) in [6, 6.07) is 30.8. The molecule has 4 aromatic rings. The number of hydrogen-bond donors (Lipinski definition) is 1. The van der Waals surface area contributed by atoms with Gasteiger partial charge < -0.3 is 19.7 Å². The van der Waals surface area contributed by atoms with Crippen LogP contribution in [0.15, 0.2) is 114 Å². The van der Waals surface area contributed by atoms with Crippen LogP contribution in [0.2, 0.25) is 0 Å². The van der Waals surface area contributed by atoms with Gasteiger partial charge in [0, 0.05) is 25.6 Å². The summed E-state index contributed by atoms with van der Waals surface area (Å²) in [5, 5.41) is 3.01. The lowest BCUT2D eigenvalue weighted by Gasteiger charge is -2.34. The molecule has 2 amide bonds. The van der Waals surface area contributed by atoms with Gasteiger partial charge in [-0.3, -0.25) is 13.9 Å². The molecular formula is C36H39N3O6S. The highest BCUT2D eigenvalue weighted by atomic mass is 32.2. The van der Waals surface area contributed by atoms with Gasteiger partial charge >= 0.3 is 0 Å². The fourth-order valence-corrected chi connectivity index (χ4v) is 6.70. The number of carbonyl (C=O) groups excluding carboxylic acids is 2. The molecule has 0 unspecified atom stereocenters. The third-order valence-electron chi connectivity index (χ3n) is 7.72. The van der Waals surface area contributed by atoms with Crippen LogP contribution in [0.1, 0.15) is 30.9 Å². The van der Waals surface area contributed by atoms with Crippen LogP contribution in [0.4, 0.5) is 5.69 Å². The van der Waals surface area contributed by atoms with Crippen molar-refractivity contribution in [2.24, 2.45) is 0 Å². The molecule has 240 valence electrons. The molecule has 9 nitrogen and oxygen atoms in total. The zero-order valence-corrected chi connectivity index (χ0v) is 26.7. The smallest absolute Gasteiger partial charge is 0.264 e. The van der Waals surface area contributed by atoms with Crippen LogP contribution in [0.5, 0.6) is 11.5 Å². The molecule has 0 bridgehead atoms. The van der Waals surface area contributed by atoms with Gasteiger partial charge in [0.15, 0.2) is 11.5 Å². The highest BCUT2D eigenvalue weighted by Gasteiger charge is 2.35. The SMILES string of the molecule is CCCCNC(=O)[C@@H](Cc1ccccc1)N(Cc1ccccc1)C(=O)CN(c1ccc2c(c1)OCCO2)S(=O)(=O)c1ccccc1. The second-order valence-electron chi connectivity index (χ2n) is 11.0. The molecule has 0 spiro atoms. The van der Waals surface area contributed by atoms with Gasteiger partial charge in [-0.05, 0) is 41.8 Å². The number of fused-ring (bicyclic) bond motifs is 1. The van der Waals surface area contributed by atoms with E-state index in [0.717, 1.165) is 28.3 Å². The number of benzene rings is 4. The van der Waals surface area contributed by atoms with Gasteiger partial charge in [-0.25, -0.2) is 8.42 Å². The number of sulfonamides is 1. The number of carbonyl (C=O) groups is 2. The Bertz CT molecular complexity index is 1700. The Kier molecular flexibility index (Phi) is 10.9. The number of hydrogen-bond acceptors (Lipinski definition) is 6. The lowest BCUT2D eigenvalue weighted by Crippen LogP contribution is -2.53. The number of nitrogens with one attached hydrogen (secondary N) is 1. The predicted molar refractivity (Wildman–Crippen MR) is 177 cm³/mol. The molecule has 1 aliphatic heterocycles. The van der Waals surface area contributed by atoms with Crippen LogP contribution in [-0.2, 0) is 32.6 Å². The van der Waals surface area contributed by atoms with Crippen LogP contribution in [0.25, 0.3) is 0 Å². The predicted octanol–water partition coefficient (Wildman–Crippen LogP) is 5.21. The molecular weight excluding hydrogens is 602 g/mol. The Morgan fingerprint density at radius 3 is 2.07 bits per heavy atom. The Morgan fingerprint density at radius 2 is 1.41 bits per heavy atom. The molecule has 10 heteroatoms. The zero-order chi connectivity index (χ0) is 32.4. The fourth-order valence-electron chi connectivity index (χ4n) is 5.28. The summed E-state index contributed by atoms with van der Waals surface area (Å²) in [5.41, 5.74) is 1.93. The summed E-state index contributed by atoms with van der Waals surface area (Å²) in [6.07, 6.45) is 1.95. The standard InChI is InChI=1S/C36H39N3O6S/c1-2-3-21-37-36(41)32(24-28-13-7-4-8-14-28)38(26-29-15-9-5-10-16-29)35(40)27-39(46(42,43)31-17-11-6-12-18-31)30-19-20-33-34(25-30)45-23-22-44-33/h4-20,25,32H,2-3,21-24,26-27H2,1H3,(H,37,41)/t32-/m1/s1. The number of amides is 2. The van der Waals surface area contributed by atoms with Gasteiger partial charge in [-0.1, -0.05) is 92.2 Å². The molecule has 0 saturated heterocycles. The number of anilines is 1. The summed E-state index contributed by atoms with van der Waals surface area (Å²) >= 11 is 0. The minimum Gasteiger partial charge on any atom is -0.486 e. The summed E-state index contributed by atoms with van der Waals surface area (Å²) < 4.78 is 40.9. The molecule has 46 heavy (non-hydrogen) atoms. The van der Waals surface area contributed by atoms with E-state index in [1.165, 1.54) is 17.0 Å². The van der Waals surface area contributed by atoms with Gasteiger partial charge in [-0.2, -0.15) is 0 Å². The van der Waals surface area contributed by atoms with E-state index in [1.807, 2.05) is 67.6 Å². The van der Waals surface area contributed by atoms with Gasteiger partial charge in [0.1, 0.15) is 25.8 Å². The van der Waals surface area contributed by atoms with Crippen molar-refractivity contribution in [3.05, 3.63) is 120 Å². The molecule has 0 fully saturated rings. The van der Waals surface area contributed by atoms with Crippen LogP contribution in [0, 0.1) is 0 Å². The van der Waals surface area contributed by atoms with Crippen LogP contribution < -0.4 is 19.1 Å². The number of rotatable bonds is 14. The van der Waals surface area contributed by atoms with E-state index in [0.29, 0.717) is 31.3 Å². The summed E-state index contributed by atoms with van der Waals surface area (Å²) in [5.74, 6) is 0.0711. The number of unbranched alkanes of at least 4 members (excludes halogenated alkanes) is 1. The number of ether oxygens (including phenoxy) is 2. The molecule has 0 aliphatic carbocycles. The maximum atomic E-state index is 14.5. The van der Waals surface area contributed by atoms with Crippen LogP contribution in [-0.4, -0.2) is 57.5 Å². The highest BCUT2D eigenvalue weighted by molar-refractivity contribution is 7.92. The summed E-state index contributed by atoms with van der Waals surface area (Å²) in [6.45, 7) is 2.78. The van der Waals surface area contributed by atoms with Gasteiger partial charge in [0.2, 0.25) is 11.8 Å². The van der Waals surface area contributed by atoms with E-state index in [4.69, 9.17) is 9.47 Å². The fraction of sp³-hybridized carbons (Fsp3) is 0.278. The first-order valence-corrected chi connectivity index (χ1v) is 16.9. The maximum absolute atomic E-state index is 14.5. The molecule has 1 heterocycles.